The van der Waals surface area contributed by atoms with E-state index >= 15 is 0 Å². The SMILES string of the molecule is Cn1c(=O)c2[nH]cnc2n(C)c1=O.Cn1c(=O)c2[nH]cnc2n(C)c1=O.Cn1c(=O)c2[nH]cnc2n(C)c1=O.NCCN. The van der Waals surface area contributed by atoms with Gasteiger partial charge in [-0.05, 0) is 0 Å². The van der Waals surface area contributed by atoms with Crippen molar-refractivity contribution in [3.05, 3.63) is 81.5 Å². The number of aromatic nitrogens is 12. The van der Waals surface area contributed by atoms with Gasteiger partial charge >= 0.3 is 17.1 Å². The molecule has 0 bridgehead atoms. The van der Waals surface area contributed by atoms with E-state index in [1.165, 1.54) is 53.8 Å². The molecule has 20 heteroatoms. The summed E-state index contributed by atoms with van der Waals surface area (Å²) in [5, 5.41) is 0. The van der Waals surface area contributed by atoms with E-state index in [2.05, 4.69) is 29.9 Å². The van der Waals surface area contributed by atoms with Crippen molar-refractivity contribution in [1.29, 1.82) is 0 Å². The van der Waals surface area contributed by atoms with Crippen LogP contribution in [-0.2, 0) is 42.3 Å². The zero-order chi connectivity index (χ0) is 32.2. The number of nitrogens with one attached hydrogen (secondary N) is 3. The van der Waals surface area contributed by atoms with Crippen LogP contribution in [0.1, 0.15) is 0 Å². The van der Waals surface area contributed by atoms with Gasteiger partial charge in [0.15, 0.2) is 16.9 Å². The maximum atomic E-state index is 11.4. The molecule has 0 spiro atoms. The van der Waals surface area contributed by atoms with Crippen LogP contribution in [0.3, 0.4) is 0 Å². The van der Waals surface area contributed by atoms with Crippen molar-refractivity contribution in [3.8, 4) is 0 Å². The molecule has 6 aromatic heterocycles. The average Bonchev–Trinajstić information content (AvgIpc) is 3.80. The lowest BCUT2D eigenvalue weighted by molar-refractivity contribution is 0.709. The molecule has 20 nitrogen and oxygen atoms in total. The highest BCUT2D eigenvalue weighted by Crippen LogP contribution is 1.99. The van der Waals surface area contributed by atoms with Crippen molar-refractivity contribution in [2.45, 2.75) is 0 Å². The van der Waals surface area contributed by atoms with Crippen molar-refractivity contribution in [1.82, 2.24) is 57.3 Å². The Kier molecular flexibility index (Phi) is 9.57. The van der Waals surface area contributed by atoms with Crippen LogP contribution >= 0.6 is 0 Å². The monoisotopic (exact) mass is 600 g/mol. The summed E-state index contributed by atoms with van der Waals surface area (Å²) in [5.41, 5.74) is 9.84. The molecule has 6 aromatic rings. The quantitative estimate of drug-likeness (QED) is 0.121. The summed E-state index contributed by atoms with van der Waals surface area (Å²) >= 11 is 0. The number of nitrogens with two attached hydrogens (primary N) is 2. The molecule has 0 aliphatic heterocycles. The van der Waals surface area contributed by atoms with E-state index in [1.807, 2.05) is 0 Å². The minimum Gasteiger partial charge on any atom is -0.339 e. The number of H-pyrrole nitrogens is 3. The van der Waals surface area contributed by atoms with Crippen molar-refractivity contribution in [2.24, 2.45) is 53.8 Å². The van der Waals surface area contributed by atoms with Crippen LogP contribution in [0.25, 0.3) is 33.5 Å². The molecule has 0 saturated heterocycles. The molecule has 0 saturated carbocycles. The maximum absolute atomic E-state index is 11.4. The molecule has 0 aliphatic rings. The van der Waals surface area contributed by atoms with E-state index in [9.17, 15) is 28.8 Å². The maximum Gasteiger partial charge on any atom is 0.332 e. The Bertz CT molecular complexity index is 2010. The number of nitrogens with zero attached hydrogens (tertiary/aromatic N) is 9. The second kappa shape index (κ2) is 12.9. The Morgan fingerprint density at radius 3 is 0.930 bits per heavy atom. The van der Waals surface area contributed by atoms with Gasteiger partial charge in [-0.2, -0.15) is 0 Å². The fourth-order valence-corrected chi connectivity index (χ4v) is 3.81. The highest BCUT2D eigenvalue weighted by molar-refractivity contribution is 5.69. The largest absolute Gasteiger partial charge is 0.339 e. The Labute approximate surface area is 239 Å². The summed E-state index contributed by atoms with van der Waals surface area (Å²) in [6, 6.07) is 0. The summed E-state index contributed by atoms with van der Waals surface area (Å²) in [4.78, 5) is 88.1. The minimum absolute atomic E-state index is 0.351. The predicted octanol–water partition coefficient (Wildman–Crippen LogP) is -4.22. The van der Waals surface area contributed by atoms with Gasteiger partial charge < -0.3 is 26.4 Å². The lowest BCUT2D eigenvalue weighted by Crippen LogP contribution is -2.36. The van der Waals surface area contributed by atoms with Crippen LogP contribution in [0.4, 0.5) is 0 Å². The van der Waals surface area contributed by atoms with Crippen molar-refractivity contribution >= 4 is 33.5 Å². The molecule has 0 aromatic carbocycles. The van der Waals surface area contributed by atoms with Gasteiger partial charge in [-0.25, -0.2) is 29.3 Å². The fraction of sp³-hybridized carbons (Fsp3) is 0.348. The Morgan fingerprint density at radius 2 is 0.721 bits per heavy atom. The third kappa shape index (κ3) is 5.90. The lowest BCUT2D eigenvalue weighted by atomic mass is 10.5. The molecule has 7 N–H and O–H groups in total. The molecule has 0 fully saturated rings. The van der Waals surface area contributed by atoms with Crippen LogP contribution in [0.5, 0.6) is 0 Å². The fourth-order valence-electron chi connectivity index (χ4n) is 3.81. The molecule has 6 rings (SSSR count). The molecule has 0 aliphatic carbocycles. The molecular formula is C23H32N14O6. The van der Waals surface area contributed by atoms with Gasteiger partial charge in [0.2, 0.25) is 0 Å². The van der Waals surface area contributed by atoms with E-state index in [1.54, 1.807) is 21.1 Å². The van der Waals surface area contributed by atoms with E-state index in [0.717, 1.165) is 13.7 Å². The van der Waals surface area contributed by atoms with E-state index in [-0.39, 0.29) is 33.7 Å². The summed E-state index contributed by atoms with van der Waals surface area (Å²) in [5.74, 6) is 0. The zero-order valence-corrected chi connectivity index (χ0v) is 24.3. The van der Waals surface area contributed by atoms with Gasteiger partial charge in [-0.1, -0.05) is 0 Å². The van der Waals surface area contributed by atoms with Crippen molar-refractivity contribution < 1.29 is 0 Å². The summed E-state index contributed by atoms with van der Waals surface area (Å²) in [6.07, 6.45) is 4.18. The number of aromatic amines is 3. The Balaban J connectivity index is 0.000000166. The second-order valence-electron chi connectivity index (χ2n) is 9.00. The highest BCUT2D eigenvalue weighted by Gasteiger charge is 2.11. The average molecular weight is 601 g/mol. The molecule has 0 radical (unpaired) electrons. The van der Waals surface area contributed by atoms with Crippen LogP contribution in [0.15, 0.2) is 47.7 Å². The van der Waals surface area contributed by atoms with Crippen LogP contribution in [-0.4, -0.2) is 70.4 Å². The third-order valence-corrected chi connectivity index (χ3v) is 6.25. The third-order valence-electron chi connectivity index (χ3n) is 6.25. The predicted molar refractivity (Wildman–Crippen MR) is 158 cm³/mol. The van der Waals surface area contributed by atoms with Gasteiger partial charge in [-0.15, -0.1) is 0 Å². The Morgan fingerprint density at radius 1 is 0.488 bits per heavy atom. The Hall–Kier alpha value is -5.63. The molecular weight excluding hydrogens is 568 g/mol. The molecule has 6 heterocycles. The van der Waals surface area contributed by atoms with Crippen LogP contribution in [0.2, 0.25) is 0 Å². The summed E-state index contributed by atoms with van der Waals surface area (Å²) in [7, 11) is 9.03. The number of imidazole rings is 3. The van der Waals surface area contributed by atoms with Gasteiger partial charge in [-0.3, -0.25) is 41.8 Å². The lowest BCUT2D eigenvalue weighted by Gasteiger charge is -2.00. The van der Waals surface area contributed by atoms with Gasteiger partial charge in [0.05, 0.1) is 19.0 Å². The molecule has 43 heavy (non-hydrogen) atoms. The van der Waals surface area contributed by atoms with Crippen LogP contribution in [0, 0.1) is 0 Å². The number of hydrogen-bond acceptors (Lipinski definition) is 11. The first kappa shape index (κ1) is 31.9. The first-order valence-corrected chi connectivity index (χ1v) is 12.5. The van der Waals surface area contributed by atoms with Crippen molar-refractivity contribution in [2.75, 3.05) is 13.1 Å². The van der Waals surface area contributed by atoms with Gasteiger partial charge in [0, 0.05) is 55.4 Å². The normalized spacial score (nSPS) is 10.6. The first-order valence-electron chi connectivity index (χ1n) is 12.5. The smallest absolute Gasteiger partial charge is 0.332 e. The molecule has 0 unspecified atom stereocenters. The van der Waals surface area contributed by atoms with E-state index in [4.69, 9.17) is 11.5 Å². The topological polar surface area (TPSA) is 270 Å². The van der Waals surface area contributed by atoms with Crippen LogP contribution < -0.4 is 45.2 Å². The molecule has 0 atom stereocenters. The summed E-state index contributed by atoms with van der Waals surface area (Å²) < 4.78 is 7.11. The number of rotatable bonds is 1. The van der Waals surface area contributed by atoms with Gasteiger partial charge in [0.25, 0.3) is 16.7 Å². The minimum atomic E-state index is -0.371. The number of aryl methyl sites for hydroxylation is 3. The number of fused-ring (bicyclic) bond motifs is 3. The standard InChI is InChI=1S/3C7H8N4O2.C2H8N2/c3*1-10-5-4(8-3-9-5)6(12)11(2)7(10)13;3-1-2-4/h3*3H,1-2H3,(H,8,9);1-4H2. The van der Waals surface area contributed by atoms with E-state index in [0.29, 0.717) is 46.6 Å². The molecule has 230 valence electrons. The second-order valence-corrected chi connectivity index (χ2v) is 9.00. The summed E-state index contributed by atoms with van der Waals surface area (Å²) in [6.45, 7) is 1.19. The van der Waals surface area contributed by atoms with Crippen molar-refractivity contribution in [3.63, 3.8) is 0 Å². The number of hydrogen-bond donors (Lipinski definition) is 5. The van der Waals surface area contributed by atoms with E-state index < -0.39 is 0 Å². The highest BCUT2D eigenvalue weighted by atomic mass is 16.2. The zero-order valence-electron chi connectivity index (χ0n) is 24.3. The molecule has 0 amide bonds. The first-order chi connectivity index (χ1) is 20.3. The van der Waals surface area contributed by atoms with Gasteiger partial charge in [0.1, 0.15) is 16.6 Å².